The van der Waals surface area contributed by atoms with Gasteiger partial charge in [-0.1, -0.05) is 55.4 Å². The third-order valence-electron chi connectivity index (χ3n) is 2.72. The van der Waals surface area contributed by atoms with Crippen molar-refractivity contribution in [1.82, 2.24) is 0 Å². The zero-order chi connectivity index (χ0) is 32.5. The summed E-state index contributed by atoms with van der Waals surface area (Å²) in [4.78, 5) is 0. The molecule has 0 amide bonds. The summed E-state index contributed by atoms with van der Waals surface area (Å²) >= 11 is -1.45. The van der Waals surface area contributed by atoms with Crippen molar-refractivity contribution in [3.05, 3.63) is 11.5 Å². The zero-order valence-electron chi connectivity index (χ0n) is 24.3. The molecule has 0 spiro atoms. The Morgan fingerprint density at radius 3 is 1.30 bits per heavy atom. The lowest BCUT2D eigenvalue weighted by atomic mass is 10.5. The summed E-state index contributed by atoms with van der Waals surface area (Å²) in [5.41, 5.74) is 0. The Morgan fingerprint density at radius 1 is 0.700 bits per heavy atom. The molecule has 4 aliphatic rings. The molecular weight excluding hydrogens is 645 g/mol. The monoisotopic (exact) mass is 688 g/mol. The molecule has 4 heterocycles. The zero-order valence-corrected chi connectivity index (χ0v) is 28.3. The van der Waals surface area contributed by atoms with Crippen LogP contribution in [0.25, 0.3) is 0 Å². The van der Waals surface area contributed by atoms with Crippen molar-refractivity contribution in [1.29, 1.82) is 0 Å². The van der Waals surface area contributed by atoms with Crippen LogP contribution in [-0.4, -0.2) is 82.3 Å². The molecule has 0 saturated carbocycles. The van der Waals surface area contributed by atoms with E-state index >= 15 is 0 Å². The molecule has 0 aromatic rings. The molecule has 40 heavy (non-hydrogen) atoms. The Balaban J connectivity index is -0.000000200. The van der Waals surface area contributed by atoms with E-state index in [0.717, 1.165) is 5.41 Å². The first-order valence-electron chi connectivity index (χ1n) is 12.2. The van der Waals surface area contributed by atoms with E-state index in [1.54, 1.807) is 0 Å². The van der Waals surface area contributed by atoms with Gasteiger partial charge in [-0.25, -0.2) is 16.7 Å². The van der Waals surface area contributed by atoms with Crippen LogP contribution in [0, 0.1) is 0 Å². The summed E-state index contributed by atoms with van der Waals surface area (Å²) in [5, 5.41) is -0.0486. The van der Waals surface area contributed by atoms with Gasteiger partial charge in [0, 0.05) is 0 Å². The molecule has 0 aromatic heterocycles. The highest BCUT2D eigenvalue weighted by Crippen LogP contribution is 2.09. The number of rotatable bonds is 0. The molecule has 3 saturated heterocycles. The van der Waals surface area contributed by atoms with Crippen molar-refractivity contribution in [2.45, 2.75) is 74.8 Å². The summed E-state index contributed by atoms with van der Waals surface area (Å²) in [6.07, 6.45) is 2.11. The van der Waals surface area contributed by atoms with Crippen LogP contribution in [0.4, 0.5) is 0 Å². The maximum atomic E-state index is 10.4. The molecule has 0 N–H and O–H groups in total. The van der Waals surface area contributed by atoms with Gasteiger partial charge in [0.1, 0.15) is 0 Å². The second kappa shape index (κ2) is 26.1. The fourth-order valence-corrected chi connectivity index (χ4v) is 5.96. The first-order valence-corrected chi connectivity index (χ1v) is 19.1. The number of hydrogen-bond donors (Lipinski definition) is 0. The van der Waals surface area contributed by atoms with Crippen molar-refractivity contribution in [2.75, 3.05) is 38.3 Å². The molecule has 4 aliphatic heterocycles. The normalized spacial score (nSPS) is 25.3. The average Bonchev–Trinajstić information content (AvgIpc) is 3.49. The molecule has 2 unspecified atom stereocenters. The van der Waals surface area contributed by atoms with E-state index in [1.807, 2.05) is 62.3 Å². The van der Waals surface area contributed by atoms with Crippen LogP contribution in [0.3, 0.4) is 0 Å². The Labute approximate surface area is 243 Å². The Morgan fingerprint density at radius 2 is 1.15 bits per heavy atom. The molecule has 246 valence electrons. The van der Waals surface area contributed by atoms with Gasteiger partial charge in [-0.05, 0) is 19.4 Å². The fraction of sp³-hybridized carbons (Fsp3) is 0.895. The SMILES string of the molecule is CC.CC.CC.CC.CC1COS(=O)O1.O=S1(=O)C=CCO1.O=S1(=O)CS(=O)(=O)OCO1.O=S1(=O)OCCCO1. The van der Waals surface area contributed by atoms with Gasteiger partial charge in [0.05, 0.1) is 37.9 Å². The molecular formula is C19H44O16S5. The van der Waals surface area contributed by atoms with Gasteiger partial charge < -0.3 is 0 Å². The van der Waals surface area contributed by atoms with E-state index in [1.165, 1.54) is 6.08 Å². The minimum atomic E-state index is -3.90. The van der Waals surface area contributed by atoms with Gasteiger partial charge in [0.15, 0.2) is 6.79 Å². The second-order valence-corrected chi connectivity index (χ2v) is 12.8. The highest BCUT2D eigenvalue weighted by atomic mass is 32.3. The summed E-state index contributed by atoms with van der Waals surface area (Å²) in [5.74, 6) is 0. The van der Waals surface area contributed by atoms with Crippen LogP contribution in [0.1, 0.15) is 68.7 Å². The summed E-state index contributed by atoms with van der Waals surface area (Å²) in [6.45, 7) is 18.2. The maximum absolute atomic E-state index is 10.4. The molecule has 2 atom stereocenters. The number of hydrogen-bond acceptors (Lipinski definition) is 16. The summed E-state index contributed by atoms with van der Waals surface area (Å²) in [6, 6.07) is 0. The lowest BCUT2D eigenvalue weighted by Crippen LogP contribution is -2.28. The van der Waals surface area contributed by atoms with E-state index in [4.69, 9.17) is 0 Å². The van der Waals surface area contributed by atoms with Crippen molar-refractivity contribution >= 4 is 52.1 Å². The Bertz CT molecular complexity index is 1040. The highest BCUT2D eigenvalue weighted by molar-refractivity contribution is 8.04. The molecule has 3 fully saturated rings. The van der Waals surface area contributed by atoms with Crippen molar-refractivity contribution in [3.63, 3.8) is 0 Å². The smallest absolute Gasteiger partial charge is 0.266 e. The molecule has 16 nitrogen and oxygen atoms in total. The van der Waals surface area contributed by atoms with Crippen LogP contribution < -0.4 is 0 Å². The van der Waals surface area contributed by atoms with Gasteiger partial charge in [0.25, 0.3) is 30.4 Å². The minimum Gasteiger partial charge on any atom is -0.266 e. The highest BCUT2D eigenvalue weighted by Gasteiger charge is 2.29. The van der Waals surface area contributed by atoms with Gasteiger partial charge >= 0.3 is 21.8 Å². The first kappa shape index (κ1) is 46.4. The summed E-state index contributed by atoms with van der Waals surface area (Å²) in [7, 11) is -14.6. The molecule has 0 aromatic carbocycles. The topological polar surface area (TPSA) is 218 Å². The quantitative estimate of drug-likeness (QED) is 0.333. The van der Waals surface area contributed by atoms with E-state index < -0.39 is 64.0 Å². The molecule has 4 rings (SSSR count). The van der Waals surface area contributed by atoms with Crippen LogP contribution in [0.2, 0.25) is 0 Å². The molecule has 0 bridgehead atoms. The minimum absolute atomic E-state index is 0.000772. The standard InChI is InChI=1S/C3H6O4S.C3H6O3S.C3H4O3S.C2H4O6S2.4C2H6/c4-8(5)6-2-1-3-7-8;1-3-2-5-7(4)6-3;4-7(5)3-1-2-6-7;3-9(4)2-10(5,6)8-1-7-9;4*1-2/h1-3H2;3H,2H2,1H3;1,3H,2H2;1-2H2;4*1-2H3. The molecule has 21 heteroatoms. The molecule has 0 radical (unpaired) electrons. The Kier molecular flexibility index (Phi) is 30.2. The Hall–Kier alpha value is -0.590. The maximum Gasteiger partial charge on any atom is 0.399 e. The predicted octanol–water partition coefficient (Wildman–Crippen LogP) is 2.24. The van der Waals surface area contributed by atoms with Crippen LogP contribution >= 0.6 is 0 Å². The second-order valence-electron chi connectivity index (χ2n) is 5.54. The lowest BCUT2D eigenvalue weighted by molar-refractivity contribution is 0.124. The largest absolute Gasteiger partial charge is 0.399 e. The van der Waals surface area contributed by atoms with E-state index in [-0.39, 0.29) is 25.9 Å². The van der Waals surface area contributed by atoms with Crippen molar-refractivity contribution in [3.8, 4) is 0 Å². The van der Waals surface area contributed by atoms with Crippen molar-refractivity contribution < 1.29 is 67.2 Å². The van der Waals surface area contributed by atoms with Crippen LogP contribution in [-0.2, 0) is 81.4 Å². The van der Waals surface area contributed by atoms with Crippen molar-refractivity contribution in [2.24, 2.45) is 0 Å². The third-order valence-corrected chi connectivity index (χ3v) is 8.66. The third kappa shape index (κ3) is 28.9. The van der Waals surface area contributed by atoms with Crippen LogP contribution in [0.5, 0.6) is 0 Å². The van der Waals surface area contributed by atoms with E-state index in [9.17, 15) is 37.9 Å². The van der Waals surface area contributed by atoms with Crippen LogP contribution in [0.15, 0.2) is 11.5 Å². The van der Waals surface area contributed by atoms with Gasteiger partial charge in [-0.3, -0.25) is 12.5 Å². The first-order chi connectivity index (χ1) is 18.6. The summed E-state index contributed by atoms with van der Waals surface area (Å²) < 4.78 is 122. The predicted molar refractivity (Wildman–Crippen MR) is 149 cm³/mol. The molecule has 0 aliphatic carbocycles. The fourth-order valence-electron chi connectivity index (χ4n) is 1.50. The van der Waals surface area contributed by atoms with E-state index in [0.29, 0.717) is 13.0 Å². The van der Waals surface area contributed by atoms with Gasteiger partial charge in [-0.2, -0.15) is 37.9 Å². The average molecular weight is 689 g/mol. The van der Waals surface area contributed by atoms with Gasteiger partial charge in [0.2, 0.25) is 5.08 Å². The van der Waals surface area contributed by atoms with Gasteiger partial charge in [-0.15, -0.1) is 0 Å². The lowest BCUT2D eigenvalue weighted by Gasteiger charge is -2.11. The van der Waals surface area contributed by atoms with E-state index in [2.05, 4.69) is 29.3 Å².